The molecule has 2 heterocycles. The van der Waals surface area contributed by atoms with Crippen LogP contribution in [0.1, 0.15) is 6.92 Å². The third kappa shape index (κ3) is 2.25. The first-order chi connectivity index (χ1) is 9.78. The zero-order valence-corrected chi connectivity index (χ0v) is 11.2. The molecule has 0 atom stereocenters. The molecule has 0 aliphatic heterocycles. The lowest BCUT2D eigenvalue weighted by Crippen LogP contribution is -1.97. The molecule has 2 aromatic heterocycles. The maximum absolute atomic E-state index is 5.41. The number of rotatable bonds is 4. The molecule has 102 valence electrons. The van der Waals surface area contributed by atoms with Crippen LogP contribution in [0.2, 0.25) is 0 Å². The van der Waals surface area contributed by atoms with Crippen molar-refractivity contribution in [3.63, 3.8) is 0 Å². The zero-order valence-electron chi connectivity index (χ0n) is 11.2. The molecule has 0 radical (unpaired) electrons. The van der Waals surface area contributed by atoms with E-state index in [1.807, 2.05) is 31.2 Å². The van der Waals surface area contributed by atoms with Crippen LogP contribution < -0.4 is 10.1 Å². The van der Waals surface area contributed by atoms with E-state index < -0.39 is 0 Å². The molecule has 7 nitrogen and oxygen atoms in total. The van der Waals surface area contributed by atoms with E-state index in [2.05, 4.69) is 25.6 Å². The Kier molecular flexibility index (Phi) is 3.16. The van der Waals surface area contributed by atoms with Gasteiger partial charge in [-0.25, -0.2) is 14.6 Å². The largest absolute Gasteiger partial charge is 0.494 e. The number of nitrogens with zero attached hydrogens (tertiary/aromatic N) is 5. The van der Waals surface area contributed by atoms with E-state index in [0.717, 1.165) is 11.4 Å². The fraction of sp³-hybridized carbons (Fsp3) is 0.231. The van der Waals surface area contributed by atoms with Crippen molar-refractivity contribution in [2.75, 3.05) is 11.9 Å². The van der Waals surface area contributed by atoms with Crippen molar-refractivity contribution in [1.29, 1.82) is 0 Å². The summed E-state index contributed by atoms with van der Waals surface area (Å²) in [5.41, 5.74) is 2.23. The molecule has 0 amide bonds. The summed E-state index contributed by atoms with van der Waals surface area (Å²) in [6.45, 7) is 2.61. The average molecular weight is 270 g/mol. The summed E-state index contributed by atoms with van der Waals surface area (Å²) in [6.07, 6.45) is 1.49. The van der Waals surface area contributed by atoms with E-state index in [9.17, 15) is 0 Å². The van der Waals surface area contributed by atoms with E-state index >= 15 is 0 Å². The van der Waals surface area contributed by atoms with Crippen LogP contribution in [0.25, 0.3) is 11.2 Å². The standard InChI is InChI=1S/C13H14N6O/c1-3-20-10-6-4-9(5-7-10)16-12-11-13(15-8-14-12)19(2)18-17-11/h4-8H,3H2,1-2H3,(H,14,15,16). The van der Waals surface area contributed by atoms with Gasteiger partial charge in [0.15, 0.2) is 17.0 Å². The first-order valence-electron chi connectivity index (χ1n) is 6.28. The van der Waals surface area contributed by atoms with Crippen molar-refractivity contribution >= 4 is 22.7 Å². The van der Waals surface area contributed by atoms with Crippen LogP contribution in [0.15, 0.2) is 30.6 Å². The molecule has 1 N–H and O–H groups in total. The highest BCUT2D eigenvalue weighted by Crippen LogP contribution is 2.22. The number of hydrogen-bond donors (Lipinski definition) is 1. The average Bonchev–Trinajstić information content (AvgIpc) is 2.84. The summed E-state index contributed by atoms with van der Waals surface area (Å²) >= 11 is 0. The van der Waals surface area contributed by atoms with Crippen LogP contribution in [0.3, 0.4) is 0 Å². The lowest BCUT2D eigenvalue weighted by atomic mass is 10.3. The van der Waals surface area contributed by atoms with Crippen LogP contribution in [-0.2, 0) is 7.05 Å². The Bertz CT molecular complexity index is 721. The van der Waals surface area contributed by atoms with E-state index in [-0.39, 0.29) is 0 Å². The molecule has 3 aromatic rings. The van der Waals surface area contributed by atoms with Gasteiger partial charge in [-0.05, 0) is 31.2 Å². The quantitative estimate of drug-likeness (QED) is 0.780. The maximum atomic E-state index is 5.41. The first kappa shape index (κ1) is 12.3. The fourth-order valence-electron chi connectivity index (χ4n) is 1.88. The third-order valence-electron chi connectivity index (χ3n) is 2.82. The highest BCUT2D eigenvalue weighted by atomic mass is 16.5. The van der Waals surface area contributed by atoms with Crippen LogP contribution in [0.4, 0.5) is 11.5 Å². The lowest BCUT2D eigenvalue weighted by molar-refractivity contribution is 0.340. The van der Waals surface area contributed by atoms with Crippen molar-refractivity contribution < 1.29 is 4.74 Å². The van der Waals surface area contributed by atoms with E-state index in [1.165, 1.54) is 6.33 Å². The Morgan fingerprint density at radius 2 is 2.00 bits per heavy atom. The van der Waals surface area contributed by atoms with Crippen molar-refractivity contribution in [1.82, 2.24) is 25.0 Å². The Morgan fingerprint density at radius 3 is 2.75 bits per heavy atom. The van der Waals surface area contributed by atoms with Gasteiger partial charge in [-0.15, -0.1) is 5.10 Å². The minimum absolute atomic E-state index is 0.632. The number of nitrogens with one attached hydrogen (secondary N) is 1. The van der Waals surface area contributed by atoms with E-state index in [1.54, 1.807) is 11.7 Å². The van der Waals surface area contributed by atoms with Gasteiger partial charge < -0.3 is 10.1 Å². The second-order valence-electron chi connectivity index (χ2n) is 4.19. The highest BCUT2D eigenvalue weighted by molar-refractivity contribution is 5.84. The molecule has 0 aliphatic carbocycles. The second-order valence-corrected chi connectivity index (χ2v) is 4.19. The van der Waals surface area contributed by atoms with Gasteiger partial charge in [0.25, 0.3) is 0 Å². The first-order valence-corrected chi connectivity index (χ1v) is 6.28. The molecule has 7 heteroatoms. The van der Waals surface area contributed by atoms with E-state index in [0.29, 0.717) is 23.6 Å². The molecule has 0 saturated carbocycles. The van der Waals surface area contributed by atoms with Crippen molar-refractivity contribution in [3.8, 4) is 5.75 Å². The fourth-order valence-corrected chi connectivity index (χ4v) is 1.88. The Morgan fingerprint density at radius 1 is 1.20 bits per heavy atom. The van der Waals surface area contributed by atoms with Gasteiger partial charge in [-0.3, -0.25) is 0 Å². The van der Waals surface area contributed by atoms with Crippen LogP contribution >= 0.6 is 0 Å². The Labute approximate surface area is 115 Å². The SMILES string of the molecule is CCOc1ccc(Nc2ncnc3c2nnn3C)cc1. The summed E-state index contributed by atoms with van der Waals surface area (Å²) in [7, 11) is 1.79. The molecular weight excluding hydrogens is 256 g/mol. The van der Waals surface area contributed by atoms with Crippen LogP contribution in [-0.4, -0.2) is 31.6 Å². The number of aryl methyl sites for hydroxylation is 1. The highest BCUT2D eigenvalue weighted by Gasteiger charge is 2.09. The minimum atomic E-state index is 0.632. The topological polar surface area (TPSA) is 77.8 Å². The summed E-state index contributed by atoms with van der Waals surface area (Å²) in [5.74, 6) is 1.47. The minimum Gasteiger partial charge on any atom is -0.494 e. The Balaban J connectivity index is 1.89. The zero-order chi connectivity index (χ0) is 13.9. The van der Waals surface area contributed by atoms with E-state index in [4.69, 9.17) is 4.74 Å². The van der Waals surface area contributed by atoms with Crippen molar-refractivity contribution in [2.24, 2.45) is 7.05 Å². The molecule has 20 heavy (non-hydrogen) atoms. The molecule has 1 aromatic carbocycles. The predicted octanol–water partition coefficient (Wildman–Crippen LogP) is 1.90. The number of aromatic nitrogens is 5. The van der Waals surface area contributed by atoms with Crippen LogP contribution in [0, 0.1) is 0 Å². The van der Waals surface area contributed by atoms with Gasteiger partial charge in [-0.2, -0.15) is 0 Å². The van der Waals surface area contributed by atoms with Gasteiger partial charge in [0, 0.05) is 12.7 Å². The summed E-state index contributed by atoms with van der Waals surface area (Å²) in [5, 5.41) is 11.2. The molecular formula is C13H14N6O. The molecule has 3 rings (SSSR count). The monoisotopic (exact) mass is 270 g/mol. The smallest absolute Gasteiger partial charge is 0.183 e. The number of hydrogen-bond acceptors (Lipinski definition) is 6. The normalized spacial score (nSPS) is 10.7. The van der Waals surface area contributed by atoms with Gasteiger partial charge >= 0.3 is 0 Å². The molecule has 0 unspecified atom stereocenters. The molecule has 0 bridgehead atoms. The van der Waals surface area contributed by atoms with Gasteiger partial charge in [-0.1, -0.05) is 5.21 Å². The van der Waals surface area contributed by atoms with Crippen molar-refractivity contribution in [2.45, 2.75) is 6.92 Å². The molecule has 0 spiro atoms. The summed E-state index contributed by atoms with van der Waals surface area (Å²) < 4.78 is 7.02. The number of anilines is 2. The van der Waals surface area contributed by atoms with Gasteiger partial charge in [0.2, 0.25) is 0 Å². The molecule has 0 saturated heterocycles. The second kappa shape index (κ2) is 5.12. The molecule has 0 aliphatic rings. The number of ether oxygens (including phenoxy) is 1. The number of benzene rings is 1. The Hall–Kier alpha value is -2.70. The summed E-state index contributed by atoms with van der Waals surface area (Å²) in [4.78, 5) is 8.35. The molecule has 0 fully saturated rings. The van der Waals surface area contributed by atoms with Crippen LogP contribution in [0.5, 0.6) is 5.75 Å². The third-order valence-corrected chi connectivity index (χ3v) is 2.82. The maximum Gasteiger partial charge on any atom is 0.183 e. The van der Waals surface area contributed by atoms with Crippen molar-refractivity contribution in [3.05, 3.63) is 30.6 Å². The number of fused-ring (bicyclic) bond motifs is 1. The van der Waals surface area contributed by atoms with Gasteiger partial charge in [0.1, 0.15) is 12.1 Å². The predicted molar refractivity (Wildman–Crippen MR) is 75.0 cm³/mol. The lowest BCUT2D eigenvalue weighted by Gasteiger charge is -2.07. The summed E-state index contributed by atoms with van der Waals surface area (Å²) in [6, 6.07) is 7.66. The van der Waals surface area contributed by atoms with Gasteiger partial charge in [0.05, 0.1) is 6.61 Å².